The number of sulfone groups is 1. The largest absolute Gasteiger partial charge is 0.397 e. The third kappa shape index (κ3) is 4.33. The van der Waals surface area contributed by atoms with E-state index in [0.29, 0.717) is 22.8 Å². The van der Waals surface area contributed by atoms with Gasteiger partial charge in [-0.05, 0) is 31.7 Å². The Labute approximate surface area is 129 Å². The number of likely N-dealkylation sites (N-methyl/N-ethyl adjacent to an activating group) is 1. The summed E-state index contributed by atoms with van der Waals surface area (Å²) >= 11 is 5.86. The number of nitrogen functional groups attached to an aromatic ring is 1. The van der Waals surface area contributed by atoms with Crippen LogP contribution in [0.1, 0.15) is 6.42 Å². The van der Waals surface area contributed by atoms with E-state index < -0.39 is 9.84 Å². The number of nitrogens with zero attached hydrogens (tertiary/aromatic N) is 1. The second kappa shape index (κ2) is 6.21. The van der Waals surface area contributed by atoms with Gasteiger partial charge in [0.15, 0.2) is 9.84 Å². The summed E-state index contributed by atoms with van der Waals surface area (Å²) in [5.74, 6) is 0.0387. The minimum atomic E-state index is -2.96. The monoisotopic (exact) mass is 331 g/mol. The third-order valence-corrected chi connectivity index (χ3v) is 5.50. The molecule has 0 bridgehead atoms. The van der Waals surface area contributed by atoms with Crippen LogP contribution in [0.15, 0.2) is 18.2 Å². The molecule has 0 radical (unpaired) electrons. The molecular formula is C13H18ClN3O3S. The van der Waals surface area contributed by atoms with Gasteiger partial charge >= 0.3 is 0 Å². The molecule has 1 aromatic carbocycles. The fourth-order valence-electron chi connectivity index (χ4n) is 2.31. The molecule has 2 rings (SSSR count). The number of hydrogen-bond acceptors (Lipinski definition) is 5. The van der Waals surface area contributed by atoms with Gasteiger partial charge in [-0.25, -0.2) is 8.42 Å². The molecule has 116 valence electrons. The molecule has 1 heterocycles. The lowest BCUT2D eigenvalue weighted by Gasteiger charge is -2.22. The minimum Gasteiger partial charge on any atom is -0.397 e. The second-order valence-corrected chi connectivity index (χ2v) is 7.92. The second-order valence-electron chi connectivity index (χ2n) is 5.25. The number of nitrogens with one attached hydrogen (secondary N) is 1. The van der Waals surface area contributed by atoms with Crippen molar-refractivity contribution < 1.29 is 13.2 Å². The number of carbonyl (C=O) groups is 1. The molecule has 1 aliphatic rings. The zero-order chi connectivity index (χ0) is 15.6. The number of amides is 1. The van der Waals surface area contributed by atoms with Crippen LogP contribution in [0.3, 0.4) is 0 Å². The average molecular weight is 332 g/mol. The van der Waals surface area contributed by atoms with Crippen molar-refractivity contribution >= 4 is 38.7 Å². The van der Waals surface area contributed by atoms with E-state index in [-0.39, 0.29) is 30.0 Å². The van der Waals surface area contributed by atoms with Crippen LogP contribution >= 0.6 is 11.6 Å². The molecule has 8 heteroatoms. The molecule has 1 amide bonds. The molecule has 0 aromatic heterocycles. The standard InChI is InChI=1S/C13H18ClN3O3S/c1-17(10-4-5-21(19,20)8-10)7-13(18)16-12-6-9(14)2-3-11(12)15/h2-3,6,10H,4-5,7-8,15H2,1H3,(H,16,18). The minimum absolute atomic E-state index is 0.103. The summed E-state index contributed by atoms with van der Waals surface area (Å²) in [6, 6.07) is 4.72. The topological polar surface area (TPSA) is 92.5 Å². The van der Waals surface area contributed by atoms with Gasteiger partial charge < -0.3 is 11.1 Å². The molecule has 1 unspecified atom stereocenters. The van der Waals surface area contributed by atoms with Gasteiger partial charge in [0.05, 0.1) is 29.4 Å². The van der Waals surface area contributed by atoms with E-state index in [4.69, 9.17) is 17.3 Å². The van der Waals surface area contributed by atoms with Gasteiger partial charge in [-0.15, -0.1) is 0 Å². The first kappa shape index (κ1) is 16.1. The van der Waals surface area contributed by atoms with Crippen molar-refractivity contribution in [1.82, 2.24) is 4.90 Å². The van der Waals surface area contributed by atoms with E-state index in [1.807, 2.05) is 0 Å². The molecule has 1 aromatic rings. The molecule has 3 N–H and O–H groups in total. The first-order valence-corrected chi connectivity index (χ1v) is 8.72. The van der Waals surface area contributed by atoms with Crippen molar-refractivity contribution in [2.24, 2.45) is 0 Å². The highest BCUT2D eigenvalue weighted by molar-refractivity contribution is 7.91. The predicted molar refractivity (Wildman–Crippen MR) is 84.2 cm³/mol. The zero-order valence-electron chi connectivity index (χ0n) is 11.7. The summed E-state index contributed by atoms with van der Waals surface area (Å²) in [6.07, 6.45) is 0.561. The van der Waals surface area contributed by atoms with Crippen molar-refractivity contribution in [3.05, 3.63) is 23.2 Å². The normalized spacial score (nSPS) is 20.6. The highest BCUT2D eigenvalue weighted by atomic mass is 35.5. The van der Waals surface area contributed by atoms with Crippen molar-refractivity contribution in [2.75, 3.05) is 36.1 Å². The lowest BCUT2D eigenvalue weighted by molar-refractivity contribution is -0.117. The summed E-state index contributed by atoms with van der Waals surface area (Å²) in [5, 5.41) is 3.17. The first-order valence-electron chi connectivity index (χ1n) is 6.52. The smallest absolute Gasteiger partial charge is 0.238 e. The number of carbonyl (C=O) groups excluding carboxylic acids is 1. The van der Waals surface area contributed by atoms with Crippen LogP contribution in [0.25, 0.3) is 0 Å². The predicted octanol–water partition coefficient (Wildman–Crippen LogP) is 0.980. The molecule has 1 saturated heterocycles. The van der Waals surface area contributed by atoms with Crippen LogP contribution < -0.4 is 11.1 Å². The highest BCUT2D eigenvalue weighted by Gasteiger charge is 2.31. The Hall–Kier alpha value is -1.31. The van der Waals surface area contributed by atoms with E-state index in [1.54, 1.807) is 30.1 Å². The van der Waals surface area contributed by atoms with Crippen molar-refractivity contribution in [3.8, 4) is 0 Å². The Kier molecular flexibility index (Phi) is 4.75. The summed E-state index contributed by atoms with van der Waals surface area (Å²) in [5.41, 5.74) is 6.65. The molecule has 1 atom stereocenters. The van der Waals surface area contributed by atoms with Gasteiger partial charge in [0.2, 0.25) is 5.91 Å². The number of hydrogen-bond donors (Lipinski definition) is 2. The zero-order valence-corrected chi connectivity index (χ0v) is 13.2. The third-order valence-electron chi connectivity index (χ3n) is 3.51. The van der Waals surface area contributed by atoms with E-state index in [2.05, 4.69) is 5.32 Å². The molecule has 1 fully saturated rings. The van der Waals surface area contributed by atoms with Crippen LogP contribution in [-0.2, 0) is 14.6 Å². The lowest BCUT2D eigenvalue weighted by atomic mass is 10.2. The van der Waals surface area contributed by atoms with Crippen LogP contribution in [0, 0.1) is 0 Å². The Morgan fingerprint density at radius 3 is 2.86 bits per heavy atom. The van der Waals surface area contributed by atoms with Crippen molar-refractivity contribution in [1.29, 1.82) is 0 Å². The van der Waals surface area contributed by atoms with Crippen LogP contribution in [-0.4, -0.2) is 50.4 Å². The SMILES string of the molecule is CN(CC(=O)Nc1cc(Cl)ccc1N)C1CCS(=O)(=O)C1. The van der Waals surface area contributed by atoms with E-state index in [1.165, 1.54) is 0 Å². The summed E-state index contributed by atoms with van der Waals surface area (Å²) in [7, 11) is -1.22. The van der Waals surface area contributed by atoms with Crippen LogP contribution in [0.4, 0.5) is 11.4 Å². The Morgan fingerprint density at radius 2 is 2.24 bits per heavy atom. The fraction of sp³-hybridized carbons (Fsp3) is 0.462. The summed E-state index contributed by atoms with van der Waals surface area (Å²) in [6.45, 7) is 0.103. The molecule has 6 nitrogen and oxygen atoms in total. The summed E-state index contributed by atoms with van der Waals surface area (Å²) < 4.78 is 22.9. The lowest BCUT2D eigenvalue weighted by Crippen LogP contribution is -2.38. The first-order chi connectivity index (χ1) is 9.77. The number of nitrogens with two attached hydrogens (primary N) is 1. The molecule has 21 heavy (non-hydrogen) atoms. The maximum absolute atomic E-state index is 12.0. The number of rotatable bonds is 4. The Balaban J connectivity index is 1.94. The fourth-order valence-corrected chi connectivity index (χ4v) is 4.28. The molecule has 0 aliphatic carbocycles. The van der Waals surface area contributed by atoms with Gasteiger partial charge in [0.25, 0.3) is 0 Å². The molecular weight excluding hydrogens is 314 g/mol. The van der Waals surface area contributed by atoms with Gasteiger partial charge in [-0.2, -0.15) is 0 Å². The quantitative estimate of drug-likeness (QED) is 0.802. The average Bonchev–Trinajstić information content (AvgIpc) is 2.74. The number of benzene rings is 1. The Morgan fingerprint density at radius 1 is 1.52 bits per heavy atom. The summed E-state index contributed by atoms with van der Waals surface area (Å²) in [4.78, 5) is 13.8. The van der Waals surface area contributed by atoms with Gasteiger partial charge in [-0.3, -0.25) is 9.69 Å². The highest BCUT2D eigenvalue weighted by Crippen LogP contribution is 2.23. The molecule has 0 spiro atoms. The van der Waals surface area contributed by atoms with Crippen LogP contribution in [0.5, 0.6) is 0 Å². The van der Waals surface area contributed by atoms with Crippen molar-refractivity contribution in [2.45, 2.75) is 12.5 Å². The van der Waals surface area contributed by atoms with E-state index >= 15 is 0 Å². The maximum Gasteiger partial charge on any atom is 0.238 e. The van der Waals surface area contributed by atoms with E-state index in [9.17, 15) is 13.2 Å². The molecule has 0 saturated carbocycles. The van der Waals surface area contributed by atoms with Gasteiger partial charge in [-0.1, -0.05) is 11.6 Å². The van der Waals surface area contributed by atoms with E-state index in [0.717, 1.165) is 0 Å². The van der Waals surface area contributed by atoms with Gasteiger partial charge in [0, 0.05) is 11.1 Å². The number of halogens is 1. The molecule has 1 aliphatic heterocycles. The Bertz CT molecular complexity index is 648. The van der Waals surface area contributed by atoms with Crippen molar-refractivity contribution in [3.63, 3.8) is 0 Å². The van der Waals surface area contributed by atoms with Gasteiger partial charge in [0.1, 0.15) is 0 Å². The van der Waals surface area contributed by atoms with Crippen LogP contribution in [0.2, 0.25) is 5.02 Å². The maximum atomic E-state index is 12.0. The number of anilines is 2.